The molecule has 0 heterocycles. The maximum absolute atomic E-state index is 12.1. The van der Waals surface area contributed by atoms with Gasteiger partial charge in [-0.25, -0.2) is 0 Å². The van der Waals surface area contributed by atoms with Crippen LogP contribution >= 0.6 is 0 Å². The second kappa shape index (κ2) is 5.95. The Bertz CT molecular complexity index is 459. The molecule has 1 aliphatic carbocycles. The Balaban J connectivity index is 1.94. The molecule has 2 unspecified atom stereocenters. The largest absolute Gasteiger partial charge is 0.495 e. The van der Waals surface area contributed by atoms with Crippen LogP contribution in [0.15, 0.2) is 18.2 Å². The van der Waals surface area contributed by atoms with Crippen LogP contribution in [-0.4, -0.2) is 19.6 Å². The Hall–Kier alpha value is -1.71. The zero-order valence-corrected chi connectivity index (χ0v) is 11.6. The van der Waals surface area contributed by atoms with E-state index in [1.54, 1.807) is 25.3 Å². The highest BCUT2D eigenvalue weighted by atomic mass is 16.5. The highest BCUT2D eigenvalue weighted by Crippen LogP contribution is 2.30. The predicted octanol–water partition coefficient (Wildman–Crippen LogP) is 2.44. The summed E-state index contributed by atoms with van der Waals surface area (Å²) in [6.45, 7) is 3.02. The number of hydrogen-bond donors (Lipinski definition) is 2. The normalized spacial score (nSPS) is 22.2. The lowest BCUT2D eigenvalue weighted by Gasteiger charge is -2.16. The summed E-state index contributed by atoms with van der Waals surface area (Å²) in [7, 11) is 1.56. The summed E-state index contributed by atoms with van der Waals surface area (Å²) in [6.07, 6.45) is 3.76. The minimum absolute atomic E-state index is 0.0616. The van der Waals surface area contributed by atoms with Crippen LogP contribution in [0.25, 0.3) is 0 Å². The van der Waals surface area contributed by atoms with Crippen molar-refractivity contribution in [2.24, 2.45) is 11.8 Å². The van der Waals surface area contributed by atoms with E-state index in [2.05, 4.69) is 12.2 Å². The van der Waals surface area contributed by atoms with E-state index in [0.29, 0.717) is 28.8 Å². The topological polar surface area (TPSA) is 64.3 Å². The molecule has 19 heavy (non-hydrogen) atoms. The summed E-state index contributed by atoms with van der Waals surface area (Å²) < 4.78 is 5.08. The summed E-state index contributed by atoms with van der Waals surface area (Å²) in [5.41, 5.74) is 6.88. The standard InChI is InChI=1S/C15H22N2O2/c1-10-4-3-5-12(10)9-17-15(18)11-6-7-14(19-2)13(16)8-11/h6-8,10,12H,3-5,9,16H2,1-2H3,(H,17,18). The molecular formula is C15H22N2O2. The average molecular weight is 262 g/mol. The van der Waals surface area contributed by atoms with Crippen molar-refractivity contribution in [1.82, 2.24) is 5.32 Å². The van der Waals surface area contributed by atoms with E-state index >= 15 is 0 Å². The minimum Gasteiger partial charge on any atom is -0.495 e. The number of amides is 1. The van der Waals surface area contributed by atoms with Crippen molar-refractivity contribution in [1.29, 1.82) is 0 Å². The molecule has 0 aromatic heterocycles. The first-order valence-corrected chi connectivity index (χ1v) is 6.83. The molecule has 0 spiro atoms. The summed E-state index contributed by atoms with van der Waals surface area (Å²) >= 11 is 0. The first kappa shape index (κ1) is 13.7. The number of nitrogen functional groups attached to an aromatic ring is 1. The number of rotatable bonds is 4. The Morgan fingerprint density at radius 1 is 1.47 bits per heavy atom. The number of methoxy groups -OCH3 is 1. The van der Waals surface area contributed by atoms with Gasteiger partial charge < -0.3 is 15.8 Å². The lowest BCUT2D eigenvalue weighted by Crippen LogP contribution is -2.30. The number of ether oxygens (including phenoxy) is 1. The SMILES string of the molecule is COc1ccc(C(=O)NCC2CCCC2C)cc1N. The van der Waals surface area contributed by atoms with Gasteiger partial charge in [0.2, 0.25) is 0 Å². The third-order valence-corrected chi connectivity index (χ3v) is 4.06. The average Bonchev–Trinajstić information content (AvgIpc) is 2.81. The zero-order valence-electron chi connectivity index (χ0n) is 11.6. The number of carbonyl (C=O) groups is 1. The molecular weight excluding hydrogens is 240 g/mol. The van der Waals surface area contributed by atoms with Crippen molar-refractivity contribution >= 4 is 11.6 Å². The molecule has 0 radical (unpaired) electrons. The van der Waals surface area contributed by atoms with Crippen LogP contribution in [-0.2, 0) is 0 Å². The third-order valence-electron chi connectivity index (χ3n) is 4.06. The fourth-order valence-electron chi connectivity index (χ4n) is 2.73. The number of nitrogens with two attached hydrogens (primary N) is 1. The van der Waals surface area contributed by atoms with Gasteiger partial charge in [-0.2, -0.15) is 0 Å². The van der Waals surface area contributed by atoms with E-state index in [9.17, 15) is 4.79 Å². The van der Waals surface area contributed by atoms with Gasteiger partial charge in [0.15, 0.2) is 0 Å². The molecule has 1 saturated carbocycles. The van der Waals surface area contributed by atoms with Gasteiger partial charge in [0.1, 0.15) is 5.75 Å². The predicted molar refractivity (Wildman–Crippen MR) is 76.2 cm³/mol. The Morgan fingerprint density at radius 3 is 2.84 bits per heavy atom. The van der Waals surface area contributed by atoms with E-state index in [-0.39, 0.29) is 5.91 Å². The van der Waals surface area contributed by atoms with Crippen LogP contribution in [0.4, 0.5) is 5.69 Å². The minimum atomic E-state index is -0.0616. The van der Waals surface area contributed by atoms with Crippen LogP contribution in [0, 0.1) is 11.8 Å². The van der Waals surface area contributed by atoms with Crippen molar-refractivity contribution in [3.8, 4) is 5.75 Å². The molecule has 2 atom stereocenters. The van der Waals surface area contributed by atoms with E-state index in [1.807, 2.05) is 0 Å². The van der Waals surface area contributed by atoms with Gasteiger partial charge in [-0.15, -0.1) is 0 Å². The van der Waals surface area contributed by atoms with Crippen molar-refractivity contribution in [2.45, 2.75) is 26.2 Å². The molecule has 0 aliphatic heterocycles. The summed E-state index contributed by atoms with van der Waals surface area (Å²) in [5, 5.41) is 3.00. The van der Waals surface area contributed by atoms with E-state index in [0.717, 1.165) is 6.54 Å². The van der Waals surface area contributed by atoms with Gasteiger partial charge in [0, 0.05) is 12.1 Å². The molecule has 0 bridgehead atoms. The molecule has 1 amide bonds. The summed E-state index contributed by atoms with van der Waals surface area (Å²) in [4.78, 5) is 12.1. The molecule has 2 rings (SSSR count). The monoisotopic (exact) mass is 262 g/mol. The lowest BCUT2D eigenvalue weighted by atomic mass is 9.98. The van der Waals surface area contributed by atoms with Crippen molar-refractivity contribution in [2.75, 3.05) is 19.4 Å². The second-order valence-electron chi connectivity index (χ2n) is 5.34. The van der Waals surface area contributed by atoms with E-state index in [4.69, 9.17) is 10.5 Å². The van der Waals surface area contributed by atoms with Crippen molar-refractivity contribution < 1.29 is 9.53 Å². The van der Waals surface area contributed by atoms with Crippen LogP contribution in [0.2, 0.25) is 0 Å². The van der Waals surface area contributed by atoms with Gasteiger partial charge in [0.25, 0.3) is 5.91 Å². The van der Waals surface area contributed by atoms with Gasteiger partial charge >= 0.3 is 0 Å². The van der Waals surface area contributed by atoms with E-state index < -0.39 is 0 Å². The van der Waals surface area contributed by atoms with Crippen LogP contribution in [0.3, 0.4) is 0 Å². The van der Waals surface area contributed by atoms with Gasteiger partial charge in [-0.1, -0.05) is 19.8 Å². The molecule has 0 saturated heterocycles. The quantitative estimate of drug-likeness (QED) is 0.819. The highest BCUT2D eigenvalue weighted by molar-refractivity contribution is 5.95. The summed E-state index contributed by atoms with van der Waals surface area (Å²) in [6, 6.07) is 5.12. The maximum atomic E-state index is 12.1. The van der Waals surface area contributed by atoms with Gasteiger partial charge in [-0.05, 0) is 36.5 Å². The summed E-state index contributed by atoms with van der Waals surface area (Å²) in [5.74, 6) is 1.86. The highest BCUT2D eigenvalue weighted by Gasteiger charge is 2.23. The first-order chi connectivity index (χ1) is 9.11. The molecule has 4 heteroatoms. The van der Waals surface area contributed by atoms with Crippen molar-refractivity contribution in [3.05, 3.63) is 23.8 Å². The molecule has 1 fully saturated rings. The molecule has 3 N–H and O–H groups in total. The fraction of sp³-hybridized carbons (Fsp3) is 0.533. The van der Waals surface area contributed by atoms with Crippen LogP contribution in [0.5, 0.6) is 5.75 Å². The van der Waals surface area contributed by atoms with Crippen LogP contribution < -0.4 is 15.8 Å². The van der Waals surface area contributed by atoms with Crippen LogP contribution in [0.1, 0.15) is 36.5 Å². The molecule has 1 aliphatic rings. The smallest absolute Gasteiger partial charge is 0.251 e. The van der Waals surface area contributed by atoms with Gasteiger partial charge in [0.05, 0.1) is 12.8 Å². The number of benzene rings is 1. The first-order valence-electron chi connectivity index (χ1n) is 6.83. The number of nitrogens with one attached hydrogen (secondary N) is 1. The molecule has 4 nitrogen and oxygen atoms in total. The van der Waals surface area contributed by atoms with Gasteiger partial charge in [-0.3, -0.25) is 4.79 Å². The fourth-order valence-corrected chi connectivity index (χ4v) is 2.73. The number of anilines is 1. The lowest BCUT2D eigenvalue weighted by molar-refractivity contribution is 0.0944. The third kappa shape index (κ3) is 3.19. The number of carbonyl (C=O) groups excluding carboxylic acids is 1. The Morgan fingerprint density at radius 2 is 2.26 bits per heavy atom. The molecule has 104 valence electrons. The Labute approximate surface area is 114 Å². The van der Waals surface area contributed by atoms with E-state index in [1.165, 1.54) is 19.3 Å². The zero-order chi connectivity index (χ0) is 13.8. The molecule has 1 aromatic rings. The Kier molecular flexibility index (Phi) is 4.30. The molecule has 1 aromatic carbocycles. The maximum Gasteiger partial charge on any atom is 0.251 e. The second-order valence-corrected chi connectivity index (χ2v) is 5.34. The number of hydrogen-bond acceptors (Lipinski definition) is 3. The van der Waals surface area contributed by atoms with Crippen molar-refractivity contribution in [3.63, 3.8) is 0 Å².